The summed E-state index contributed by atoms with van der Waals surface area (Å²) in [6.45, 7) is 4.10. The van der Waals surface area contributed by atoms with Gasteiger partial charge in [-0.15, -0.1) is 0 Å². The van der Waals surface area contributed by atoms with Crippen molar-refractivity contribution in [3.63, 3.8) is 0 Å². The number of unbranched alkanes of at least 4 members (excludes halogenated alkanes) is 1. The number of hydrogen-bond acceptors (Lipinski definition) is 2. The summed E-state index contributed by atoms with van der Waals surface area (Å²) >= 11 is 6.97. The first-order valence-corrected chi connectivity index (χ1v) is 6.62. The predicted octanol–water partition coefficient (Wildman–Crippen LogP) is 2.00. The van der Waals surface area contributed by atoms with E-state index in [0.717, 1.165) is 24.6 Å². The first-order valence-electron chi connectivity index (χ1n) is 4.82. The summed E-state index contributed by atoms with van der Waals surface area (Å²) in [4.78, 5) is 0. The molecule has 0 fully saturated rings. The van der Waals surface area contributed by atoms with Crippen LogP contribution in [0, 0.1) is 0 Å². The third kappa shape index (κ3) is 9.96. The molecule has 2 nitrogen and oxygen atoms in total. The molecular formula is C9H20N2S2. The van der Waals surface area contributed by atoms with Gasteiger partial charge in [0, 0.05) is 13.1 Å². The fraction of sp³-hybridized carbons (Fsp3) is 0.889. The van der Waals surface area contributed by atoms with E-state index in [1.807, 2.05) is 11.8 Å². The quantitative estimate of drug-likeness (QED) is 0.506. The molecule has 0 aromatic heterocycles. The van der Waals surface area contributed by atoms with Crippen LogP contribution in [0.1, 0.15) is 26.2 Å². The molecule has 0 saturated carbocycles. The molecule has 0 aliphatic carbocycles. The molecule has 0 bridgehead atoms. The van der Waals surface area contributed by atoms with Gasteiger partial charge in [-0.05, 0) is 43.5 Å². The molecule has 4 heteroatoms. The first kappa shape index (κ1) is 13.0. The van der Waals surface area contributed by atoms with Gasteiger partial charge < -0.3 is 10.6 Å². The van der Waals surface area contributed by atoms with Crippen LogP contribution in [0.15, 0.2) is 0 Å². The van der Waals surface area contributed by atoms with Crippen LogP contribution < -0.4 is 10.6 Å². The Labute approximate surface area is 91.2 Å². The largest absolute Gasteiger partial charge is 0.363 e. The van der Waals surface area contributed by atoms with E-state index in [9.17, 15) is 0 Å². The van der Waals surface area contributed by atoms with E-state index in [1.165, 1.54) is 18.6 Å². The van der Waals surface area contributed by atoms with Crippen LogP contribution in [0.5, 0.6) is 0 Å². The summed E-state index contributed by atoms with van der Waals surface area (Å²) < 4.78 is 0. The lowest BCUT2D eigenvalue weighted by atomic mass is 10.3. The number of hydrogen-bond donors (Lipinski definition) is 2. The fourth-order valence-corrected chi connectivity index (χ4v) is 1.57. The van der Waals surface area contributed by atoms with Crippen LogP contribution >= 0.6 is 24.0 Å². The monoisotopic (exact) mass is 220 g/mol. The van der Waals surface area contributed by atoms with Crippen molar-refractivity contribution in [2.75, 3.05) is 25.1 Å². The zero-order valence-electron chi connectivity index (χ0n) is 8.56. The van der Waals surface area contributed by atoms with Crippen LogP contribution in [-0.4, -0.2) is 30.2 Å². The van der Waals surface area contributed by atoms with E-state index in [4.69, 9.17) is 12.2 Å². The first-order chi connectivity index (χ1) is 6.31. The minimum absolute atomic E-state index is 0.797. The van der Waals surface area contributed by atoms with Gasteiger partial charge in [0.1, 0.15) is 0 Å². The zero-order chi connectivity index (χ0) is 9.94. The van der Waals surface area contributed by atoms with Crippen LogP contribution in [0.2, 0.25) is 0 Å². The van der Waals surface area contributed by atoms with E-state index >= 15 is 0 Å². The maximum Gasteiger partial charge on any atom is 0.166 e. The highest BCUT2D eigenvalue weighted by atomic mass is 32.2. The Morgan fingerprint density at radius 3 is 2.54 bits per heavy atom. The molecule has 0 spiro atoms. The highest BCUT2D eigenvalue weighted by molar-refractivity contribution is 7.98. The Morgan fingerprint density at radius 2 is 1.92 bits per heavy atom. The molecule has 0 atom stereocenters. The van der Waals surface area contributed by atoms with Crippen molar-refractivity contribution in [2.45, 2.75) is 26.2 Å². The summed E-state index contributed by atoms with van der Waals surface area (Å²) in [5, 5.41) is 7.12. The number of thiocarbonyl (C=S) groups is 1. The molecule has 0 aromatic rings. The standard InChI is InChI=1S/C9H20N2S2/c1-3-6-10-9(12)11-7-4-5-8-13-2/h3-8H2,1-2H3,(H2,10,11,12). The Kier molecular flexibility index (Phi) is 10.2. The molecule has 0 amide bonds. The molecular weight excluding hydrogens is 200 g/mol. The average Bonchev–Trinajstić information content (AvgIpc) is 2.14. The lowest BCUT2D eigenvalue weighted by molar-refractivity contribution is 0.738. The highest BCUT2D eigenvalue weighted by Crippen LogP contribution is 1.97. The second-order valence-electron chi connectivity index (χ2n) is 2.88. The Morgan fingerprint density at radius 1 is 1.23 bits per heavy atom. The maximum atomic E-state index is 5.07. The van der Waals surface area contributed by atoms with Crippen molar-refractivity contribution in [2.24, 2.45) is 0 Å². The fourth-order valence-electron chi connectivity index (χ4n) is 0.874. The molecule has 0 aromatic carbocycles. The van der Waals surface area contributed by atoms with E-state index in [2.05, 4.69) is 23.8 Å². The number of nitrogens with one attached hydrogen (secondary N) is 2. The predicted molar refractivity (Wildman–Crippen MR) is 66.5 cm³/mol. The summed E-state index contributed by atoms with van der Waals surface area (Å²) in [5.74, 6) is 1.25. The molecule has 0 aliphatic rings. The van der Waals surface area contributed by atoms with Gasteiger partial charge in [0.05, 0.1) is 0 Å². The molecule has 78 valence electrons. The van der Waals surface area contributed by atoms with Gasteiger partial charge in [-0.1, -0.05) is 6.92 Å². The highest BCUT2D eigenvalue weighted by Gasteiger charge is 1.92. The third-order valence-electron chi connectivity index (χ3n) is 1.60. The summed E-state index contributed by atoms with van der Waals surface area (Å²) in [7, 11) is 0. The minimum Gasteiger partial charge on any atom is -0.363 e. The maximum absolute atomic E-state index is 5.07. The van der Waals surface area contributed by atoms with Crippen LogP contribution in [-0.2, 0) is 0 Å². The van der Waals surface area contributed by atoms with Crippen molar-refractivity contribution >= 4 is 29.1 Å². The van der Waals surface area contributed by atoms with Gasteiger partial charge in [0.25, 0.3) is 0 Å². The van der Waals surface area contributed by atoms with Crippen molar-refractivity contribution in [3.05, 3.63) is 0 Å². The van der Waals surface area contributed by atoms with Gasteiger partial charge in [-0.3, -0.25) is 0 Å². The second kappa shape index (κ2) is 10.1. The van der Waals surface area contributed by atoms with Crippen LogP contribution in [0.3, 0.4) is 0 Å². The van der Waals surface area contributed by atoms with E-state index in [0.29, 0.717) is 0 Å². The van der Waals surface area contributed by atoms with Gasteiger partial charge >= 0.3 is 0 Å². The minimum atomic E-state index is 0.797. The van der Waals surface area contributed by atoms with E-state index in [-0.39, 0.29) is 0 Å². The topological polar surface area (TPSA) is 24.1 Å². The molecule has 0 radical (unpaired) electrons. The Bertz CT molecular complexity index is 129. The number of rotatable bonds is 7. The van der Waals surface area contributed by atoms with Crippen LogP contribution in [0.4, 0.5) is 0 Å². The Balaban J connectivity index is 3.08. The normalized spacial score (nSPS) is 9.69. The SMILES string of the molecule is CCCNC(=S)NCCCCSC. The van der Waals surface area contributed by atoms with E-state index in [1.54, 1.807) is 0 Å². The average molecular weight is 220 g/mol. The zero-order valence-corrected chi connectivity index (χ0v) is 10.2. The van der Waals surface area contributed by atoms with Crippen molar-refractivity contribution in [1.29, 1.82) is 0 Å². The van der Waals surface area contributed by atoms with Crippen molar-refractivity contribution in [1.82, 2.24) is 10.6 Å². The van der Waals surface area contributed by atoms with Gasteiger partial charge in [0.2, 0.25) is 0 Å². The molecule has 2 N–H and O–H groups in total. The van der Waals surface area contributed by atoms with Gasteiger partial charge in [0.15, 0.2) is 5.11 Å². The smallest absolute Gasteiger partial charge is 0.166 e. The van der Waals surface area contributed by atoms with Gasteiger partial charge in [-0.25, -0.2) is 0 Å². The molecule has 0 unspecified atom stereocenters. The molecule has 13 heavy (non-hydrogen) atoms. The summed E-state index contributed by atoms with van der Waals surface area (Å²) in [5.41, 5.74) is 0. The van der Waals surface area contributed by atoms with Crippen molar-refractivity contribution in [3.8, 4) is 0 Å². The Hall–Kier alpha value is 0.0400. The molecule has 0 saturated heterocycles. The summed E-state index contributed by atoms with van der Waals surface area (Å²) in [6, 6.07) is 0. The molecule has 0 aliphatic heterocycles. The summed E-state index contributed by atoms with van der Waals surface area (Å²) in [6.07, 6.45) is 5.73. The third-order valence-corrected chi connectivity index (χ3v) is 2.58. The van der Waals surface area contributed by atoms with Crippen molar-refractivity contribution < 1.29 is 0 Å². The molecule has 0 rings (SSSR count). The molecule has 0 heterocycles. The second-order valence-corrected chi connectivity index (χ2v) is 4.28. The lowest BCUT2D eigenvalue weighted by Gasteiger charge is -2.08. The van der Waals surface area contributed by atoms with E-state index < -0.39 is 0 Å². The van der Waals surface area contributed by atoms with Crippen LogP contribution in [0.25, 0.3) is 0 Å². The van der Waals surface area contributed by atoms with Gasteiger partial charge in [-0.2, -0.15) is 11.8 Å². The lowest BCUT2D eigenvalue weighted by Crippen LogP contribution is -2.36. The number of thioether (sulfide) groups is 1.